The number of likely N-dealkylation sites (N-methyl/N-ethyl adjacent to an activating group) is 1. The van der Waals surface area contributed by atoms with E-state index in [1.54, 1.807) is 0 Å². The molecule has 1 aromatic rings. The van der Waals surface area contributed by atoms with Gasteiger partial charge in [-0.1, -0.05) is 6.07 Å². The molecule has 15 heavy (non-hydrogen) atoms. The summed E-state index contributed by atoms with van der Waals surface area (Å²) in [6.45, 7) is 6.37. The highest BCUT2D eigenvalue weighted by Gasteiger charge is 2.01. The van der Waals surface area contributed by atoms with Crippen LogP contribution in [0.5, 0.6) is 0 Å². The maximum Gasteiger partial charge on any atom is 0.0361 e. The summed E-state index contributed by atoms with van der Waals surface area (Å²) >= 11 is 0. The molecule has 0 fully saturated rings. The highest BCUT2D eigenvalue weighted by molar-refractivity contribution is 5.53. The molecule has 84 valence electrons. The van der Waals surface area contributed by atoms with Crippen LogP contribution in [-0.4, -0.2) is 31.1 Å². The lowest BCUT2D eigenvalue weighted by molar-refractivity contribution is 0.284. The van der Waals surface area contributed by atoms with Crippen LogP contribution in [0, 0.1) is 0 Å². The van der Waals surface area contributed by atoms with Crippen molar-refractivity contribution < 1.29 is 0 Å². The lowest BCUT2D eigenvalue weighted by Crippen LogP contribution is -2.31. The van der Waals surface area contributed by atoms with Crippen LogP contribution in [0.2, 0.25) is 0 Å². The van der Waals surface area contributed by atoms with E-state index in [1.807, 2.05) is 24.3 Å². The van der Waals surface area contributed by atoms with Crippen molar-refractivity contribution in [2.24, 2.45) is 0 Å². The minimum atomic E-state index is 0.590. The van der Waals surface area contributed by atoms with E-state index in [0.717, 1.165) is 24.5 Å². The third-order valence-corrected chi connectivity index (χ3v) is 2.56. The second kappa shape index (κ2) is 5.61. The molecule has 3 nitrogen and oxygen atoms in total. The summed E-state index contributed by atoms with van der Waals surface area (Å²) in [6, 6.07) is 8.43. The van der Waals surface area contributed by atoms with Gasteiger partial charge < -0.3 is 16.0 Å². The monoisotopic (exact) mass is 207 g/mol. The lowest BCUT2D eigenvalue weighted by Gasteiger charge is -2.21. The number of rotatable bonds is 5. The number of hydrogen-bond donors (Lipinski definition) is 2. The van der Waals surface area contributed by atoms with Crippen molar-refractivity contribution in [3.05, 3.63) is 24.3 Å². The number of benzene rings is 1. The second-order valence-corrected chi connectivity index (χ2v) is 4.13. The topological polar surface area (TPSA) is 41.3 Å². The van der Waals surface area contributed by atoms with Crippen LogP contribution < -0.4 is 11.1 Å². The third-order valence-electron chi connectivity index (χ3n) is 2.56. The molecular formula is C12H21N3. The molecule has 0 aliphatic carbocycles. The Morgan fingerprint density at radius 2 is 2.13 bits per heavy atom. The van der Waals surface area contributed by atoms with Crippen molar-refractivity contribution in [3.63, 3.8) is 0 Å². The average Bonchev–Trinajstić information content (AvgIpc) is 2.17. The Balaban J connectivity index is 2.32. The molecule has 0 atom stereocenters. The zero-order chi connectivity index (χ0) is 11.3. The van der Waals surface area contributed by atoms with Gasteiger partial charge in [0.05, 0.1) is 0 Å². The van der Waals surface area contributed by atoms with Gasteiger partial charge in [-0.05, 0) is 39.1 Å². The average molecular weight is 207 g/mol. The minimum absolute atomic E-state index is 0.590. The minimum Gasteiger partial charge on any atom is -0.399 e. The van der Waals surface area contributed by atoms with Gasteiger partial charge in [0.15, 0.2) is 0 Å². The molecule has 0 aliphatic rings. The Kier molecular flexibility index (Phi) is 4.43. The maximum atomic E-state index is 5.69. The van der Waals surface area contributed by atoms with Gasteiger partial charge in [0.1, 0.15) is 0 Å². The fourth-order valence-electron chi connectivity index (χ4n) is 1.28. The van der Waals surface area contributed by atoms with Gasteiger partial charge in [-0.3, -0.25) is 0 Å². The van der Waals surface area contributed by atoms with Crippen molar-refractivity contribution in [3.8, 4) is 0 Å². The van der Waals surface area contributed by atoms with E-state index in [0.29, 0.717) is 6.04 Å². The van der Waals surface area contributed by atoms with Crippen LogP contribution in [-0.2, 0) is 0 Å². The zero-order valence-electron chi connectivity index (χ0n) is 9.83. The summed E-state index contributed by atoms with van der Waals surface area (Å²) in [4.78, 5) is 2.30. The lowest BCUT2D eigenvalue weighted by atomic mass is 10.3. The molecule has 3 N–H and O–H groups in total. The van der Waals surface area contributed by atoms with E-state index in [1.165, 1.54) is 0 Å². The van der Waals surface area contributed by atoms with Gasteiger partial charge in [0.2, 0.25) is 0 Å². The number of nitrogen functional groups attached to an aromatic ring is 1. The SMILES string of the molecule is CC(C)N(C)CCNc1cccc(N)c1. The zero-order valence-corrected chi connectivity index (χ0v) is 9.83. The van der Waals surface area contributed by atoms with Gasteiger partial charge in [-0.15, -0.1) is 0 Å². The van der Waals surface area contributed by atoms with Crippen molar-refractivity contribution in [2.75, 3.05) is 31.2 Å². The van der Waals surface area contributed by atoms with E-state index in [2.05, 4.69) is 31.1 Å². The third kappa shape index (κ3) is 4.21. The highest BCUT2D eigenvalue weighted by atomic mass is 15.1. The molecule has 0 spiro atoms. The molecule has 1 aromatic carbocycles. The van der Waals surface area contributed by atoms with Gasteiger partial charge in [-0.25, -0.2) is 0 Å². The molecule has 1 rings (SSSR count). The van der Waals surface area contributed by atoms with E-state index in [9.17, 15) is 0 Å². The first-order valence-electron chi connectivity index (χ1n) is 5.39. The van der Waals surface area contributed by atoms with Gasteiger partial charge in [0, 0.05) is 30.5 Å². The first-order chi connectivity index (χ1) is 7.09. The molecule has 0 unspecified atom stereocenters. The van der Waals surface area contributed by atoms with Crippen LogP contribution in [0.1, 0.15) is 13.8 Å². The standard InChI is InChI=1S/C12H21N3/c1-10(2)15(3)8-7-14-12-6-4-5-11(13)9-12/h4-6,9-10,14H,7-8,13H2,1-3H3. The molecule has 0 saturated carbocycles. The van der Waals surface area contributed by atoms with Crippen LogP contribution in [0.25, 0.3) is 0 Å². The Bertz CT molecular complexity index is 297. The number of anilines is 2. The predicted octanol–water partition coefficient (Wildman–Crippen LogP) is 2.02. The Labute approximate surface area is 92.3 Å². The number of hydrogen-bond acceptors (Lipinski definition) is 3. The molecule has 0 amide bonds. The van der Waals surface area contributed by atoms with Crippen molar-refractivity contribution in [2.45, 2.75) is 19.9 Å². The molecule has 0 aromatic heterocycles. The fourth-order valence-corrected chi connectivity index (χ4v) is 1.28. The number of nitrogens with zero attached hydrogens (tertiary/aromatic N) is 1. The van der Waals surface area contributed by atoms with E-state index in [-0.39, 0.29) is 0 Å². The smallest absolute Gasteiger partial charge is 0.0361 e. The summed E-state index contributed by atoms with van der Waals surface area (Å²) in [5.41, 5.74) is 7.58. The van der Waals surface area contributed by atoms with E-state index < -0.39 is 0 Å². The fraction of sp³-hybridized carbons (Fsp3) is 0.500. The maximum absolute atomic E-state index is 5.69. The van der Waals surface area contributed by atoms with E-state index in [4.69, 9.17) is 5.73 Å². The molecule has 0 heterocycles. The summed E-state index contributed by atoms with van der Waals surface area (Å²) < 4.78 is 0. The highest BCUT2D eigenvalue weighted by Crippen LogP contribution is 2.11. The van der Waals surface area contributed by atoms with Crippen LogP contribution in [0.15, 0.2) is 24.3 Å². The number of nitrogens with two attached hydrogens (primary N) is 1. The Hall–Kier alpha value is -1.22. The summed E-state index contributed by atoms with van der Waals surface area (Å²) in [5.74, 6) is 0. The van der Waals surface area contributed by atoms with Crippen molar-refractivity contribution in [1.29, 1.82) is 0 Å². The normalized spacial score (nSPS) is 11.0. The van der Waals surface area contributed by atoms with Crippen LogP contribution in [0.4, 0.5) is 11.4 Å². The van der Waals surface area contributed by atoms with Gasteiger partial charge >= 0.3 is 0 Å². The first-order valence-corrected chi connectivity index (χ1v) is 5.39. The Morgan fingerprint density at radius 3 is 2.73 bits per heavy atom. The van der Waals surface area contributed by atoms with Gasteiger partial charge in [-0.2, -0.15) is 0 Å². The van der Waals surface area contributed by atoms with Crippen molar-refractivity contribution in [1.82, 2.24) is 4.90 Å². The second-order valence-electron chi connectivity index (χ2n) is 4.13. The van der Waals surface area contributed by atoms with Crippen LogP contribution in [0.3, 0.4) is 0 Å². The quantitative estimate of drug-likeness (QED) is 0.726. The van der Waals surface area contributed by atoms with Gasteiger partial charge in [0.25, 0.3) is 0 Å². The molecule has 0 radical (unpaired) electrons. The molecule has 3 heteroatoms. The predicted molar refractivity (Wildman–Crippen MR) is 67.1 cm³/mol. The molecule has 0 aliphatic heterocycles. The summed E-state index contributed by atoms with van der Waals surface area (Å²) in [5, 5.41) is 3.35. The molecular weight excluding hydrogens is 186 g/mol. The summed E-state index contributed by atoms with van der Waals surface area (Å²) in [6.07, 6.45) is 0. The van der Waals surface area contributed by atoms with E-state index >= 15 is 0 Å². The first kappa shape index (κ1) is 11.9. The largest absolute Gasteiger partial charge is 0.399 e. The molecule has 0 bridgehead atoms. The number of nitrogens with one attached hydrogen (secondary N) is 1. The molecule has 0 saturated heterocycles. The summed E-state index contributed by atoms with van der Waals surface area (Å²) in [7, 11) is 2.13. The van der Waals surface area contributed by atoms with Crippen molar-refractivity contribution >= 4 is 11.4 Å². The Morgan fingerprint density at radius 1 is 1.40 bits per heavy atom. The van der Waals surface area contributed by atoms with Crippen LogP contribution >= 0.6 is 0 Å².